The third-order valence-electron chi connectivity index (χ3n) is 4.12. The van der Waals surface area contributed by atoms with Crippen LogP contribution in [-0.2, 0) is 16.1 Å². The fourth-order valence-corrected chi connectivity index (χ4v) is 2.92. The predicted molar refractivity (Wildman–Crippen MR) is 99.3 cm³/mol. The van der Waals surface area contributed by atoms with Gasteiger partial charge in [-0.2, -0.15) is 5.26 Å². The zero-order valence-electron chi connectivity index (χ0n) is 15.1. The summed E-state index contributed by atoms with van der Waals surface area (Å²) in [6.07, 6.45) is -0.985. The number of hydrogen-bond acceptors (Lipinski definition) is 4. The number of halogens is 1. The van der Waals surface area contributed by atoms with Gasteiger partial charge >= 0.3 is 5.97 Å². The maximum absolute atomic E-state index is 12.4. The van der Waals surface area contributed by atoms with E-state index < -0.39 is 18.0 Å². The van der Waals surface area contributed by atoms with Crippen molar-refractivity contribution in [3.05, 3.63) is 51.8 Å². The minimum atomic E-state index is -0.985. The molecule has 0 saturated heterocycles. The van der Waals surface area contributed by atoms with Crippen LogP contribution in [0.2, 0.25) is 5.02 Å². The van der Waals surface area contributed by atoms with Crippen LogP contribution in [0, 0.1) is 25.2 Å². The van der Waals surface area contributed by atoms with Gasteiger partial charge in [-0.25, -0.2) is 4.79 Å². The zero-order chi connectivity index (χ0) is 19.4. The molecule has 0 aliphatic carbocycles. The molecule has 2 aromatic rings. The number of hydrogen-bond donors (Lipinski definition) is 1. The SMILES string of the molecule is CCn1c(C)cc(C(=O)O[C@@H](C)C(=O)Nc2ccc(C#N)c(Cl)c2)c1C. The van der Waals surface area contributed by atoms with E-state index in [1.54, 1.807) is 12.1 Å². The van der Waals surface area contributed by atoms with E-state index in [2.05, 4.69) is 5.32 Å². The number of carbonyl (C=O) groups excluding carboxylic acids is 2. The van der Waals surface area contributed by atoms with Gasteiger partial charge in [0.25, 0.3) is 5.91 Å². The van der Waals surface area contributed by atoms with Gasteiger partial charge in [-0.15, -0.1) is 0 Å². The van der Waals surface area contributed by atoms with Gasteiger partial charge in [0.2, 0.25) is 0 Å². The smallest absolute Gasteiger partial charge is 0.340 e. The molecule has 0 saturated carbocycles. The summed E-state index contributed by atoms with van der Waals surface area (Å²) in [6, 6.07) is 8.24. The summed E-state index contributed by atoms with van der Waals surface area (Å²) in [7, 11) is 0. The number of amides is 1. The van der Waals surface area contributed by atoms with E-state index >= 15 is 0 Å². The fraction of sp³-hybridized carbons (Fsp3) is 0.316. The van der Waals surface area contributed by atoms with Gasteiger partial charge in [-0.1, -0.05) is 11.6 Å². The Morgan fingerprint density at radius 3 is 2.58 bits per heavy atom. The number of anilines is 1. The van der Waals surface area contributed by atoms with E-state index in [0.29, 0.717) is 16.8 Å². The van der Waals surface area contributed by atoms with Crippen molar-refractivity contribution in [1.29, 1.82) is 5.26 Å². The number of aryl methyl sites for hydroxylation is 1. The van der Waals surface area contributed by atoms with Crippen LogP contribution in [0.5, 0.6) is 0 Å². The molecule has 2 rings (SSSR count). The molecular formula is C19H20ClN3O3. The molecular weight excluding hydrogens is 354 g/mol. The van der Waals surface area contributed by atoms with Crippen LogP contribution in [0.4, 0.5) is 5.69 Å². The minimum absolute atomic E-state index is 0.238. The molecule has 0 fully saturated rings. The monoisotopic (exact) mass is 373 g/mol. The molecule has 0 radical (unpaired) electrons. The van der Waals surface area contributed by atoms with Crippen molar-refractivity contribution in [2.45, 2.75) is 40.3 Å². The predicted octanol–water partition coefficient (Wildman–Crippen LogP) is 3.83. The van der Waals surface area contributed by atoms with Crippen molar-refractivity contribution in [3.63, 3.8) is 0 Å². The van der Waals surface area contributed by atoms with Gasteiger partial charge in [0, 0.05) is 23.6 Å². The van der Waals surface area contributed by atoms with Gasteiger partial charge in [-0.3, -0.25) is 4.79 Å². The Morgan fingerprint density at radius 1 is 1.35 bits per heavy atom. The summed E-state index contributed by atoms with van der Waals surface area (Å²) in [4.78, 5) is 24.6. The number of nitrogens with one attached hydrogen (secondary N) is 1. The van der Waals surface area contributed by atoms with E-state index in [4.69, 9.17) is 21.6 Å². The maximum atomic E-state index is 12.4. The lowest BCUT2D eigenvalue weighted by molar-refractivity contribution is -0.123. The molecule has 0 bridgehead atoms. The molecule has 0 aliphatic rings. The molecule has 7 heteroatoms. The summed E-state index contributed by atoms with van der Waals surface area (Å²) in [5.74, 6) is -1.03. The third kappa shape index (κ3) is 4.06. The molecule has 1 heterocycles. The molecule has 26 heavy (non-hydrogen) atoms. The molecule has 0 spiro atoms. The molecule has 1 atom stereocenters. The molecule has 1 N–H and O–H groups in total. The van der Waals surface area contributed by atoms with Crippen LogP contribution in [0.3, 0.4) is 0 Å². The molecule has 0 unspecified atom stereocenters. The van der Waals surface area contributed by atoms with E-state index in [1.807, 2.05) is 31.4 Å². The average Bonchev–Trinajstić information content (AvgIpc) is 2.88. The van der Waals surface area contributed by atoms with Crippen LogP contribution >= 0.6 is 11.6 Å². The Morgan fingerprint density at radius 2 is 2.04 bits per heavy atom. The second-order valence-electron chi connectivity index (χ2n) is 5.87. The summed E-state index contributed by atoms with van der Waals surface area (Å²) >= 11 is 5.94. The Balaban J connectivity index is 2.06. The quantitative estimate of drug-likeness (QED) is 0.807. The molecule has 1 amide bonds. The van der Waals surface area contributed by atoms with Crippen LogP contribution < -0.4 is 5.32 Å². The standard InChI is InChI=1S/C19H20ClN3O3/c1-5-23-11(2)8-16(12(23)3)19(25)26-13(4)18(24)22-15-7-6-14(10-21)17(20)9-15/h6-9,13H,5H2,1-4H3,(H,22,24)/t13-/m0/s1. The van der Waals surface area contributed by atoms with E-state index in [0.717, 1.165) is 17.9 Å². The number of ether oxygens (including phenoxy) is 1. The number of nitriles is 1. The van der Waals surface area contributed by atoms with Gasteiger partial charge in [0.15, 0.2) is 6.10 Å². The summed E-state index contributed by atoms with van der Waals surface area (Å²) in [6.45, 7) is 8.00. The highest BCUT2D eigenvalue weighted by Crippen LogP contribution is 2.21. The Hall–Kier alpha value is -2.78. The highest BCUT2D eigenvalue weighted by atomic mass is 35.5. The first-order valence-corrected chi connectivity index (χ1v) is 8.54. The average molecular weight is 374 g/mol. The molecule has 0 aliphatic heterocycles. The zero-order valence-corrected chi connectivity index (χ0v) is 15.8. The lowest BCUT2D eigenvalue weighted by Crippen LogP contribution is -2.30. The molecule has 6 nitrogen and oxygen atoms in total. The van der Waals surface area contributed by atoms with Crippen LogP contribution in [0.15, 0.2) is 24.3 Å². The number of rotatable bonds is 5. The van der Waals surface area contributed by atoms with Crippen LogP contribution in [0.1, 0.15) is 41.2 Å². The lowest BCUT2D eigenvalue weighted by Gasteiger charge is -2.14. The van der Waals surface area contributed by atoms with Crippen molar-refractivity contribution < 1.29 is 14.3 Å². The largest absolute Gasteiger partial charge is 0.449 e. The number of carbonyl (C=O) groups is 2. The number of nitrogens with zero attached hydrogens (tertiary/aromatic N) is 2. The van der Waals surface area contributed by atoms with Crippen molar-refractivity contribution in [2.75, 3.05) is 5.32 Å². The second kappa shape index (κ2) is 8.07. The second-order valence-corrected chi connectivity index (χ2v) is 6.28. The van der Waals surface area contributed by atoms with Gasteiger partial charge in [0.1, 0.15) is 6.07 Å². The minimum Gasteiger partial charge on any atom is -0.449 e. The van der Waals surface area contributed by atoms with E-state index in [1.165, 1.54) is 19.1 Å². The lowest BCUT2D eigenvalue weighted by atomic mass is 10.2. The van der Waals surface area contributed by atoms with Crippen LogP contribution in [-0.4, -0.2) is 22.5 Å². The molecule has 136 valence electrons. The van der Waals surface area contributed by atoms with Crippen molar-refractivity contribution in [3.8, 4) is 6.07 Å². The molecule has 1 aromatic carbocycles. The third-order valence-corrected chi connectivity index (χ3v) is 4.43. The Labute approximate surface area is 157 Å². The van der Waals surface area contributed by atoms with Gasteiger partial charge in [-0.05, 0) is 52.0 Å². The maximum Gasteiger partial charge on any atom is 0.340 e. The van der Waals surface area contributed by atoms with Gasteiger partial charge in [0.05, 0.1) is 16.1 Å². The van der Waals surface area contributed by atoms with Crippen molar-refractivity contribution in [2.24, 2.45) is 0 Å². The topological polar surface area (TPSA) is 84.1 Å². The highest BCUT2D eigenvalue weighted by molar-refractivity contribution is 6.32. The highest BCUT2D eigenvalue weighted by Gasteiger charge is 2.22. The fourth-order valence-electron chi connectivity index (χ4n) is 2.70. The number of esters is 1. The summed E-state index contributed by atoms with van der Waals surface area (Å²) in [5, 5.41) is 11.7. The normalized spacial score (nSPS) is 11.5. The number of aromatic nitrogens is 1. The first-order chi connectivity index (χ1) is 12.3. The Kier molecular flexibility index (Phi) is 6.06. The first kappa shape index (κ1) is 19.5. The van der Waals surface area contributed by atoms with Gasteiger partial charge < -0.3 is 14.6 Å². The van der Waals surface area contributed by atoms with Crippen molar-refractivity contribution >= 4 is 29.2 Å². The van der Waals surface area contributed by atoms with E-state index in [-0.39, 0.29) is 5.02 Å². The van der Waals surface area contributed by atoms with Crippen molar-refractivity contribution in [1.82, 2.24) is 4.57 Å². The number of benzene rings is 1. The first-order valence-electron chi connectivity index (χ1n) is 8.16. The summed E-state index contributed by atoms with van der Waals surface area (Å²) in [5.41, 5.74) is 2.95. The van der Waals surface area contributed by atoms with Crippen LogP contribution in [0.25, 0.3) is 0 Å². The summed E-state index contributed by atoms with van der Waals surface area (Å²) < 4.78 is 7.29. The Bertz CT molecular complexity index is 896. The van der Waals surface area contributed by atoms with E-state index in [9.17, 15) is 9.59 Å². The molecule has 1 aromatic heterocycles.